The topological polar surface area (TPSA) is 16.4 Å². The summed E-state index contributed by atoms with van der Waals surface area (Å²) < 4.78 is 6.38. The van der Waals surface area contributed by atoms with Crippen LogP contribution < -0.4 is 4.90 Å². The Morgan fingerprint density at radius 3 is 1.70 bits per heavy atom. The van der Waals surface area contributed by atoms with E-state index < -0.39 is 0 Å². The Bertz CT molecular complexity index is 2870. The molecule has 0 unspecified atom stereocenters. The normalized spacial score (nSPS) is 11.6. The van der Waals surface area contributed by atoms with Crippen molar-refractivity contribution >= 4 is 71.3 Å². The summed E-state index contributed by atoms with van der Waals surface area (Å²) in [5.41, 5.74) is 9.87. The van der Waals surface area contributed by atoms with E-state index in [1.165, 1.54) is 43.4 Å². The Kier molecular flexibility index (Phi) is 6.53. The van der Waals surface area contributed by atoms with E-state index in [0.717, 1.165) is 50.1 Å². The minimum Gasteiger partial charge on any atom is -0.456 e. The molecule has 50 heavy (non-hydrogen) atoms. The van der Waals surface area contributed by atoms with E-state index in [9.17, 15) is 0 Å². The SMILES string of the molecule is c1ccc(N(c2ccc(-c3cccc4ccccc34)cc2)c2cccc3ccccc23)c(-c2ccc3oc4cc5ccccc5cc4c3c2)c1. The average molecular weight is 638 g/mol. The van der Waals surface area contributed by atoms with Crippen molar-refractivity contribution in [3.63, 3.8) is 0 Å². The number of rotatable bonds is 5. The zero-order valence-corrected chi connectivity index (χ0v) is 27.3. The van der Waals surface area contributed by atoms with Gasteiger partial charge in [0, 0.05) is 27.4 Å². The van der Waals surface area contributed by atoms with E-state index >= 15 is 0 Å². The third-order valence-corrected chi connectivity index (χ3v) is 10.0. The Labute approximate surface area is 290 Å². The number of hydrogen-bond donors (Lipinski definition) is 0. The highest BCUT2D eigenvalue weighted by molar-refractivity contribution is 6.11. The molecule has 0 aliphatic heterocycles. The molecular formula is C48H31NO. The standard InChI is InChI=1S/C48H31NO/c1-2-14-36-31-48-44(29-35(36)13-1)43-30-37(25-28-47(43)50-48)42-19-7-8-21-45(42)49(46-22-10-16-33-12-4-6-18-41(33)46)38-26-23-34(24-27-38)40-20-9-15-32-11-3-5-17-39(32)40/h1-31H. The summed E-state index contributed by atoms with van der Waals surface area (Å²) in [6.45, 7) is 0. The van der Waals surface area contributed by atoms with Gasteiger partial charge in [0.05, 0.1) is 11.4 Å². The van der Waals surface area contributed by atoms with Gasteiger partial charge in [-0.3, -0.25) is 0 Å². The summed E-state index contributed by atoms with van der Waals surface area (Å²) in [5.74, 6) is 0. The molecule has 0 spiro atoms. The van der Waals surface area contributed by atoms with Crippen LogP contribution in [0.15, 0.2) is 192 Å². The maximum atomic E-state index is 6.38. The summed E-state index contributed by atoms with van der Waals surface area (Å²) in [7, 11) is 0. The van der Waals surface area contributed by atoms with Gasteiger partial charge >= 0.3 is 0 Å². The molecule has 1 aromatic heterocycles. The molecule has 0 saturated heterocycles. The molecule has 0 N–H and O–H groups in total. The molecule has 2 heteroatoms. The molecular weight excluding hydrogens is 607 g/mol. The third kappa shape index (κ3) is 4.65. The molecule has 0 amide bonds. The van der Waals surface area contributed by atoms with Crippen LogP contribution in [-0.4, -0.2) is 0 Å². The number of anilines is 3. The Morgan fingerprint density at radius 2 is 0.880 bits per heavy atom. The second-order valence-corrected chi connectivity index (χ2v) is 12.9. The van der Waals surface area contributed by atoms with Gasteiger partial charge in [0.25, 0.3) is 0 Å². The number of benzene rings is 9. The molecule has 0 aliphatic rings. The molecule has 9 aromatic carbocycles. The molecule has 0 bridgehead atoms. The quantitative estimate of drug-likeness (QED) is 0.187. The van der Waals surface area contributed by atoms with Crippen LogP contribution in [0.2, 0.25) is 0 Å². The highest BCUT2D eigenvalue weighted by Gasteiger charge is 2.20. The maximum absolute atomic E-state index is 6.38. The first kappa shape index (κ1) is 28.4. The number of nitrogens with zero attached hydrogens (tertiary/aromatic N) is 1. The van der Waals surface area contributed by atoms with Crippen molar-refractivity contribution in [1.82, 2.24) is 0 Å². The second kappa shape index (κ2) is 11.5. The van der Waals surface area contributed by atoms with Crippen molar-refractivity contribution in [2.75, 3.05) is 4.90 Å². The van der Waals surface area contributed by atoms with Gasteiger partial charge in [0.15, 0.2) is 0 Å². The fourth-order valence-electron chi connectivity index (χ4n) is 7.62. The predicted octanol–water partition coefficient (Wildman–Crippen LogP) is 13.8. The Balaban J connectivity index is 1.16. The summed E-state index contributed by atoms with van der Waals surface area (Å²) in [6, 6.07) is 67.6. The minimum absolute atomic E-state index is 0.895. The zero-order valence-electron chi connectivity index (χ0n) is 27.3. The Hall–Kier alpha value is -6.64. The largest absolute Gasteiger partial charge is 0.456 e. The number of furan rings is 1. The van der Waals surface area contributed by atoms with Crippen molar-refractivity contribution < 1.29 is 4.42 Å². The maximum Gasteiger partial charge on any atom is 0.136 e. The van der Waals surface area contributed by atoms with Crippen molar-refractivity contribution in [3.05, 3.63) is 188 Å². The van der Waals surface area contributed by atoms with Gasteiger partial charge in [-0.05, 0) is 92.2 Å². The molecule has 0 fully saturated rings. The molecule has 10 rings (SSSR count). The van der Waals surface area contributed by atoms with Crippen LogP contribution in [0.3, 0.4) is 0 Å². The lowest BCUT2D eigenvalue weighted by Crippen LogP contribution is -2.11. The molecule has 0 aliphatic carbocycles. The van der Waals surface area contributed by atoms with Gasteiger partial charge in [-0.15, -0.1) is 0 Å². The lowest BCUT2D eigenvalue weighted by atomic mass is 9.97. The third-order valence-electron chi connectivity index (χ3n) is 10.0. The van der Waals surface area contributed by atoms with E-state index in [1.807, 2.05) is 0 Å². The van der Waals surface area contributed by atoms with Gasteiger partial charge in [0.2, 0.25) is 0 Å². The molecule has 0 radical (unpaired) electrons. The molecule has 10 aromatic rings. The minimum atomic E-state index is 0.895. The van der Waals surface area contributed by atoms with Gasteiger partial charge < -0.3 is 9.32 Å². The van der Waals surface area contributed by atoms with Crippen LogP contribution in [0.4, 0.5) is 17.1 Å². The van der Waals surface area contributed by atoms with E-state index in [4.69, 9.17) is 4.42 Å². The highest BCUT2D eigenvalue weighted by atomic mass is 16.3. The molecule has 2 nitrogen and oxygen atoms in total. The molecule has 234 valence electrons. The first-order valence-corrected chi connectivity index (χ1v) is 17.1. The fourth-order valence-corrected chi connectivity index (χ4v) is 7.62. The summed E-state index contributed by atoms with van der Waals surface area (Å²) in [5, 5.41) is 9.56. The number of hydrogen-bond acceptors (Lipinski definition) is 2. The predicted molar refractivity (Wildman–Crippen MR) is 212 cm³/mol. The van der Waals surface area contributed by atoms with Crippen LogP contribution in [-0.2, 0) is 0 Å². The summed E-state index contributed by atoms with van der Waals surface area (Å²) in [4.78, 5) is 2.41. The van der Waals surface area contributed by atoms with Crippen molar-refractivity contribution in [1.29, 1.82) is 0 Å². The summed E-state index contributed by atoms with van der Waals surface area (Å²) >= 11 is 0. The van der Waals surface area contributed by atoms with Crippen LogP contribution in [0.1, 0.15) is 0 Å². The fraction of sp³-hybridized carbons (Fsp3) is 0. The number of para-hydroxylation sites is 1. The zero-order chi connectivity index (χ0) is 33.0. The van der Waals surface area contributed by atoms with Crippen LogP contribution in [0.5, 0.6) is 0 Å². The molecule has 0 saturated carbocycles. The Morgan fingerprint density at radius 1 is 0.320 bits per heavy atom. The monoisotopic (exact) mass is 637 g/mol. The lowest BCUT2D eigenvalue weighted by molar-refractivity contribution is 0.669. The van der Waals surface area contributed by atoms with Crippen molar-refractivity contribution in [3.8, 4) is 22.3 Å². The first-order valence-electron chi connectivity index (χ1n) is 17.1. The van der Waals surface area contributed by atoms with Gasteiger partial charge in [-0.25, -0.2) is 0 Å². The molecule has 0 atom stereocenters. The van der Waals surface area contributed by atoms with Crippen LogP contribution in [0, 0.1) is 0 Å². The number of fused-ring (bicyclic) bond motifs is 6. The highest BCUT2D eigenvalue weighted by Crippen LogP contribution is 2.45. The smallest absolute Gasteiger partial charge is 0.136 e. The molecule has 1 heterocycles. The second-order valence-electron chi connectivity index (χ2n) is 12.9. The lowest BCUT2D eigenvalue weighted by Gasteiger charge is -2.29. The van der Waals surface area contributed by atoms with Crippen LogP contribution in [0.25, 0.3) is 76.5 Å². The average Bonchev–Trinajstić information content (AvgIpc) is 3.54. The van der Waals surface area contributed by atoms with E-state index in [-0.39, 0.29) is 0 Å². The van der Waals surface area contributed by atoms with Crippen molar-refractivity contribution in [2.24, 2.45) is 0 Å². The van der Waals surface area contributed by atoms with E-state index in [0.29, 0.717) is 0 Å². The van der Waals surface area contributed by atoms with Crippen LogP contribution >= 0.6 is 0 Å². The first-order chi connectivity index (χ1) is 24.8. The van der Waals surface area contributed by atoms with Gasteiger partial charge in [-0.1, -0.05) is 140 Å². The summed E-state index contributed by atoms with van der Waals surface area (Å²) in [6.07, 6.45) is 0. The van der Waals surface area contributed by atoms with Crippen molar-refractivity contribution in [2.45, 2.75) is 0 Å². The van der Waals surface area contributed by atoms with E-state index in [1.54, 1.807) is 0 Å². The van der Waals surface area contributed by atoms with Gasteiger partial charge in [0.1, 0.15) is 11.2 Å². The van der Waals surface area contributed by atoms with E-state index in [2.05, 4.69) is 193 Å². The van der Waals surface area contributed by atoms with Gasteiger partial charge in [-0.2, -0.15) is 0 Å².